The third kappa shape index (κ3) is 11.4. The van der Waals surface area contributed by atoms with Crippen LogP contribution in [0.25, 0.3) is 0 Å². The number of aliphatic hydroxyl groups is 1. The maximum absolute atomic E-state index is 12.8. The van der Waals surface area contributed by atoms with Gasteiger partial charge in [0.15, 0.2) is 12.4 Å². The molecular formula is C44H60O10Si. The summed E-state index contributed by atoms with van der Waals surface area (Å²) in [6.07, 6.45) is -3.99. The molecular weight excluding hydrogens is 717 g/mol. The van der Waals surface area contributed by atoms with Gasteiger partial charge in [-0.05, 0) is 39.4 Å². The van der Waals surface area contributed by atoms with Crippen molar-refractivity contribution in [2.24, 2.45) is 0 Å². The molecule has 0 amide bonds. The number of aliphatic hydroxyl groups excluding tert-OH is 1. The van der Waals surface area contributed by atoms with E-state index in [1.54, 1.807) is 6.08 Å². The monoisotopic (exact) mass is 776 g/mol. The average Bonchev–Trinajstić information content (AvgIpc) is 3.16. The molecule has 0 unspecified atom stereocenters. The number of benzene rings is 3. The summed E-state index contributed by atoms with van der Waals surface area (Å²) in [7, 11) is -2.25. The molecule has 55 heavy (non-hydrogen) atoms. The molecule has 2 aliphatic rings. The number of esters is 1. The Morgan fingerprint density at radius 2 is 1.20 bits per heavy atom. The van der Waals surface area contributed by atoms with Crippen LogP contribution in [0.1, 0.15) is 65.2 Å². The van der Waals surface area contributed by atoms with Crippen molar-refractivity contribution < 1.29 is 47.5 Å². The summed E-state index contributed by atoms with van der Waals surface area (Å²) in [6.45, 7) is 15.8. The summed E-state index contributed by atoms with van der Waals surface area (Å²) in [5.74, 6) is -0.539. The predicted molar refractivity (Wildman–Crippen MR) is 212 cm³/mol. The number of rotatable bonds is 19. The molecule has 1 saturated heterocycles. The molecule has 0 spiro atoms. The van der Waals surface area contributed by atoms with Crippen molar-refractivity contribution in [2.45, 2.75) is 134 Å². The Balaban J connectivity index is 1.42. The minimum Gasteiger partial charge on any atom is -0.493 e. The van der Waals surface area contributed by atoms with Crippen molar-refractivity contribution in [1.29, 1.82) is 0 Å². The molecule has 0 aromatic heterocycles. The van der Waals surface area contributed by atoms with Crippen LogP contribution in [0.4, 0.5) is 0 Å². The molecule has 8 atom stereocenters. The summed E-state index contributed by atoms with van der Waals surface area (Å²) < 4.78 is 51.5. The van der Waals surface area contributed by atoms with E-state index in [1.165, 1.54) is 13.2 Å². The van der Waals surface area contributed by atoms with Crippen molar-refractivity contribution in [3.8, 4) is 0 Å². The molecule has 0 bridgehead atoms. The summed E-state index contributed by atoms with van der Waals surface area (Å²) >= 11 is 0. The van der Waals surface area contributed by atoms with Gasteiger partial charge >= 0.3 is 5.97 Å². The van der Waals surface area contributed by atoms with Gasteiger partial charge in [0, 0.05) is 6.92 Å². The van der Waals surface area contributed by atoms with Crippen molar-refractivity contribution in [1.82, 2.24) is 0 Å². The number of carbonyl (C=O) groups is 1. The molecule has 1 fully saturated rings. The molecule has 11 heteroatoms. The van der Waals surface area contributed by atoms with Crippen molar-refractivity contribution in [3.05, 3.63) is 120 Å². The Hall–Kier alpha value is -3.39. The second-order valence-corrected chi connectivity index (χ2v) is 20.8. The highest BCUT2D eigenvalue weighted by Gasteiger charge is 2.52. The standard InChI is InChI=1S/C44H60O10Si/c1-30(2)55(31(3)4,32(5)6)51-29-38-40(46)37(23-24-48-38)53-44-43(52-33(7)45)42(50-27-36-21-15-10-16-22-36)41(49-26-35-19-13-9-14-20-35)39(54-44)28-47-25-34-17-11-8-12-18-34/h8-24,30-32,37-44,46H,25-29H2,1-7H3/t37-,38-,39-,40-,41+,42+,43-,44-/m1/s1. The van der Waals surface area contributed by atoms with Gasteiger partial charge in [0.05, 0.1) is 39.3 Å². The van der Waals surface area contributed by atoms with E-state index in [9.17, 15) is 9.90 Å². The van der Waals surface area contributed by atoms with Crippen molar-refractivity contribution >= 4 is 14.3 Å². The molecule has 0 saturated carbocycles. The van der Waals surface area contributed by atoms with E-state index in [2.05, 4.69) is 41.5 Å². The Kier molecular flexibility index (Phi) is 16.1. The fourth-order valence-corrected chi connectivity index (χ4v) is 13.5. The number of ether oxygens (including phenoxy) is 7. The zero-order valence-corrected chi connectivity index (χ0v) is 34.3. The molecule has 10 nitrogen and oxygen atoms in total. The van der Waals surface area contributed by atoms with Crippen LogP contribution in [0.15, 0.2) is 103 Å². The van der Waals surface area contributed by atoms with Crippen molar-refractivity contribution in [2.75, 3.05) is 13.2 Å². The fraction of sp³-hybridized carbons (Fsp3) is 0.523. The van der Waals surface area contributed by atoms with Crippen LogP contribution < -0.4 is 0 Å². The summed E-state index contributed by atoms with van der Waals surface area (Å²) in [4.78, 5) is 12.8. The lowest BCUT2D eigenvalue weighted by molar-refractivity contribution is -0.332. The minimum absolute atomic E-state index is 0.126. The number of carbonyl (C=O) groups excluding carboxylic acids is 1. The highest BCUT2D eigenvalue weighted by Crippen LogP contribution is 2.42. The lowest BCUT2D eigenvalue weighted by Crippen LogP contribution is -2.63. The topological polar surface area (TPSA) is 111 Å². The number of hydrogen-bond donors (Lipinski definition) is 1. The molecule has 0 aliphatic carbocycles. The van der Waals surface area contributed by atoms with Crippen LogP contribution in [0.5, 0.6) is 0 Å². The minimum atomic E-state index is -2.25. The maximum Gasteiger partial charge on any atom is 0.303 e. The second kappa shape index (κ2) is 20.7. The number of hydrogen-bond acceptors (Lipinski definition) is 10. The van der Waals surface area contributed by atoms with Crippen LogP contribution in [-0.2, 0) is 62.2 Å². The first-order chi connectivity index (χ1) is 26.5. The molecule has 3 aromatic carbocycles. The summed E-state index contributed by atoms with van der Waals surface area (Å²) in [5.41, 5.74) is 3.98. The smallest absolute Gasteiger partial charge is 0.303 e. The van der Waals surface area contributed by atoms with Gasteiger partial charge in [-0.15, -0.1) is 0 Å². The predicted octanol–water partition coefficient (Wildman–Crippen LogP) is 7.88. The molecule has 1 N–H and O–H groups in total. The van der Waals surface area contributed by atoms with Gasteiger partial charge in [-0.1, -0.05) is 133 Å². The SMILES string of the molecule is CC(=O)O[C@H]1[C@H](O[C@@H]2C=CO[C@H](CO[Si](C(C)C)(C(C)C)C(C)C)[C@@H]2O)O[C@H](COCc2ccccc2)[C@H](OCc2ccccc2)[C@@H]1OCc1ccccc1. The van der Waals surface area contributed by atoms with Gasteiger partial charge in [0.25, 0.3) is 0 Å². The Bertz CT molecular complexity index is 1570. The fourth-order valence-electron chi connectivity index (χ4n) is 8.01. The van der Waals surface area contributed by atoms with E-state index < -0.39 is 63.3 Å². The maximum atomic E-state index is 12.8. The van der Waals surface area contributed by atoms with E-state index >= 15 is 0 Å². The highest BCUT2D eigenvalue weighted by molar-refractivity contribution is 6.77. The molecule has 2 aliphatic heterocycles. The first kappa shape index (κ1) is 42.7. The quantitative estimate of drug-likeness (QED) is 0.0954. The first-order valence-corrected chi connectivity index (χ1v) is 21.7. The average molecular weight is 777 g/mol. The van der Waals surface area contributed by atoms with E-state index in [0.717, 1.165) is 16.7 Å². The van der Waals surface area contributed by atoms with Crippen LogP contribution >= 0.6 is 0 Å². The molecule has 0 radical (unpaired) electrons. The van der Waals surface area contributed by atoms with Gasteiger partial charge in [0.2, 0.25) is 8.32 Å². The van der Waals surface area contributed by atoms with E-state index in [4.69, 9.17) is 37.6 Å². The molecule has 3 aromatic rings. The molecule has 2 heterocycles. The summed E-state index contributed by atoms with van der Waals surface area (Å²) in [6, 6.07) is 29.4. The van der Waals surface area contributed by atoms with Crippen LogP contribution in [0.2, 0.25) is 16.6 Å². The lowest BCUT2D eigenvalue weighted by Gasteiger charge is -2.47. The third-order valence-corrected chi connectivity index (χ3v) is 16.7. The van der Waals surface area contributed by atoms with Gasteiger partial charge in [-0.3, -0.25) is 4.79 Å². The van der Waals surface area contributed by atoms with Gasteiger partial charge < -0.3 is 42.7 Å². The first-order valence-electron chi connectivity index (χ1n) is 19.5. The van der Waals surface area contributed by atoms with Gasteiger partial charge in [0.1, 0.15) is 36.6 Å². The van der Waals surface area contributed by atoms with Crippen LogP contribution in [0.3, 0.4) is 0 Å². The van der Waals surface area contributed by atoms with Crippen molar-refractivity contribution in [3.63, 3.8) is 0 Å². The Morgan fingerprint density at radius 3 is 1.71 bits per heavy atom. The largest absolute Gasteiger partial charge is 0.493 e. The van der Waals surface area contributed by atoms with E-state index in [-0.39, 0.29) is 26.4 Å². The van der Waals surface area contributed by atoms with Gasteiger partial charge in [-0.2, -0.15) is 0 Å². The lowest BCUT2D eigenvalue weighted by atomic mass is 9.97. The second-order valence-electron chi connectivity index (χ2n) is 15.4. The highest BCUT2D eigenvalue weighted by atomic mass is 28.4. The molecule has 5 rings (SSSR count). The van der Waals surface area contributed by atoms with Gasteiger partial charge in [-0.25, -0.2) is 0 Å². The Morgan fingerprint density at radius 1 is 0.691 bits per heavy atom. The van der Waals surface area contributed by atoms with E-state index in [0.29, 0.717) is 23.2 Å². The zero-order valence-electron chi connectivity index (χ0n) is 33.3. The Labute approximate surface area is 328 Å². The molecule has 300 valence electrons. The van der Waals surface area contributed by atoms with E-state index in [1.807, 2.05) is 91.0 Å². The van der Waals surface area contributed by atoms with Crippen LogP contribution in [-0.4, -0.2) is 81.6 Å². The third-order valence-electron chi connectivity index (χ3n) is 10.6. The van der Waals surface area contributed by atoms with Crippen LogP contribution in [0, 0.1) is 0 Å². The normalized spacial score (nSPS) is 25.7. The summed E-state index contributed by atoms with van der Waals surface area (Å²) in [5, 5.41) is 11.7. The zero-order chi connectivity index (χ0) is 39.4.